The highest BCUT2D eigenvalue weighted by molar-refractivity contribution is 5.79. The van der Waals surface area contributed by atoms with Crippen LogP contribution in [0.15, 0.2) is 42.5 Å². The summed E-state index contributed by atoms with van der Waals surface area (Å²) in [5.41, 5.74) is 4.25. The van der Waals surface area contributed by atoms with Crippen molar-refractivity contribution in [2.24, 2.45) is 0 Å². The first kappa shape index (κ1) is 17.5. The molecule has 1 saturated heterocycles. The van der Waals surface area contributed by atoms with Crippen molar-refractivity contribution in [3.63, 3.8) is 0 Å². The van der Waals surface area contributed by atoms with Crippen LogP contribution in [-0.2, 0) is 11.2 Å². The molecule has 0 saturated carbocycles. The van der Waals surface area contributed by atoms with Crippen LogP contribution in [0.3, 0.4) is 0 Å². The Morgan fingerprint density at radius 1 is 1.08 bits per heavy atom. The maximum absolute atomic E-state index is 11.4. The van der Waals surface area contributed by atoms with Gasteiger partial charge < -0.3 is 10.4 Å². The van der Waals surface area contributed by atoms with Gasteiger partial charge in [-0.2, -0.15) is 0 Å². The number of aromatic hydroxyl groups is 1. The molecule has 1 aliphatic heterocycles. The standard InChI is InChI=1S/C22H27NO2/c1-2-3-4-5-6-16-7-9-17(10-8-16)20-12-11-18(13-21(20)24)19-14-22(25)23-15-19/h7-13,19,24H,2-6,14-15H2,1H3,(H,23,25). The van der Waals surface area contributed by atoms with E-state index in [9.17, 15) is 9.90 Å². The fourth-order valence-electron chi connectivity index (χ4n) is 3.49. The minimum Gasteiger partial charge on any atom is -0.507 e. The van der Waals surface area contributed by atoms with E-state index in [2.05, 4.69) is 36.5 Å². The minimum atomic E-state index is 0.0862. The van der Waals surface area contributed by atoms with Crippen LogP contribution < -0.4 is 5.32 Å². The van der Waals surface area contributed by atoms with E-state index >= 15 is 0 Å². The number of nitrogens with one attached hydrogen (secondary N) is 1. The first-order valence-corrected chi connectivity index (χ1v) is 9.36. The lowest BCUT2D eigenvalue weighted by atomic mass is 9.94. The van der Waals surface area contributed by atoms with Gasteiger partial charge >= 0.3 is 0 Å². The van der Waals surface area contributed by atoms with Crippen LogP contribution in [0, 0.1) is 0 Å². The van der Waals surface area contributed by atoms with E-state index in [-0.39, 0.29) is 17.6 Å². The highest BCUT2D eigenvalue weighted by Gasteiger charge is 2.23. The summed E-state index contributed by atoms with van der Waals surface area (Å²) >= 11 is 0. The third-order valence-corrected chi connectivity index (χ3v) is 5.05. The molecule has 0 spiro atoms. The molecule has 1 atom stereocenters. The second-order valence-electron chi connectivity index (χ2n) is 6.99. The number of rotatable bonds is 7. The van der Waals surface area contributed by atoms with Gasteiger partial charge in [0.1, 0.15) is 5.75 Å². The third kappa shape index (κ3) is 4.41. The molecule has 2 aromatic rings. The van der Waals surface area contributed by atoms with E-state index in [0.29, 0.717) is 13.0 Å². The molecule has 1 unspecified atom stereocenters. The average Bonchev–Trinajstić information content (AvgIpc) is 3.06. The number of hydrogen-bond acceptors (Lipinski definition) is 2. The van der Waals surface area contributed by atoms with Crippen LogP contribution in [0.2, 0.25) is 0 Å². The normalized spacial score (nSPS) is 16.8. The van der Waals surface area contributed by atoms with E-state index in [1.807, 2.05) is 12.1 Å². The van der Waals surface area contributed by atoms with Gasteiger partial charge in [0.05, 0.1) is 0 Å². The second-order valence-corrected chi connectivity index (χ2v) is 6.99. The van der Waals surface area contributed by atoms with Gasteiger partial charge in [0.15, 0.2) is 0 Å². The van der Waals surface area contributed by atoms with Crippen LogP contribution >= 0.6 is 0 Å². The zero-order valence-corrected chi connectivity index (χ0v) is 14.9. The van der Waals surface area contributed by atoms with Gasteiger partial charge in [0.25, 0.3) is 0 Å². The van der Waals surface area contributed by atoms with E-state index in [0.717, 1.165) is 23.1 Å². The van der Waals surface area contributed by atoms with E-state index in [1.165, 1.54) is 31.2 Å². The van der Waals surface area contributed by atoms with Gasteiger partial charge in [-0.3, -0.25) is 4.79 Å². The molecule has 1 fully saturated rings. The Morgan fingerprint density at radius 3 is 2.52 bits per heavy atom. The molecule has 0 radical (unpaired) electrons. The zero-order valence-electron chi connectivity index (χ0n) is 14.9. The Balaban J connectivity index is 1.68. The van der Waals surface area contributed by atoms with Gasteiger partial charge in [-0.25, -0.2) is 0 Å². The van der Waals surface area contributed by atoms with Gasteiger partial charge in [-0.15, -0.1) is 0 Å². The number of hydrogen-bond donors (Lipinski definition) is 2. The molecule has 1 aliphatic rings. The molecule has 25 heavy (non-hydrogen) atoms. The van der Waals surface area contributed by atoms with Crippen molar-refractivity contribution in [2.45, 2.75) is 51.4 Å². The van der Waals surface area contributed by atoms with Crippen molar-refractivity contribution >= 4 is 5.91 Å². The quantitative estimate of drug-likeness (QED) is 0.714. The van der Waals surface area contributed by atoms with Crippen LogP contribution in [0.4, 0.5) is 0 Å². The Hall–Kier alpha value is -2.29. The molecule has 2 aromatic carbocycles. The summed E-state index contributed by atoms with van der Waals surface area (Å²) in [6.45, 7) is 2.89. The van der Waals surface area contributed by atoms with Crippen molar-refractivity contribution in [1.29, 1.82) is 0 Å². The van der Waals surface area contributed by atoms with E-state index in [4.69, 9.17) is 0 Å². The first-order chi connectivity index (χ1) is 12.2. The number of carbonyl (C=O) groups excluding carboxylic acids is 1. The van der Waals surface area contributed by atoms with Gasteiger partial charge in [0, 0.05) is 24.4 Å². The van der Waals surface area contributed by atoms with Gasteiger partial charge in [0.2, 0.25) is 5.91 Å². The van der Waals surface area contributed by atoms with Crippen LogP contribution in [0.5, 0.6) is 5.75 Å². The van der Waals surface area contributed by atoms with Gasteiger partial charge in [-0.1, -0.05) is 62.6 Å². The molecule has 0 aromatic heterocycles. The van der Waals surface area contributed by atoms with E-state index in [1.54, 1.807) is 6.07 Å². The molecule has 1 heterocycles. The second kappa shape index (κ2) is 8.19. The van der Waals surface area contributed by atoms with Crippen molar-refractivity contribution in [2.75, 3.05) is 6.54 Å². The fraction of sp³-hybridized carbons (Fsp3) is 0.409. The van der Waals surface area contributed by atoms with Crippen LogP contribution in [0.1, 0.15) is 56.1 Å². The topological polar surface area (TPSA) is 49.3 Å². The summed E-state index contributed by atoms with van der Waals surface area (Å²) in [4.78, 5) is 11.4. The molecule has 1 amide bonds. The lowest BCUT2D eigenvalue weighted by molar-refractivity contribution is -0.119. The molecule has 132 valence electrons. The minimum absolute atomic E-state index is 0.0862. The zero-order chi connectivity index (χ0) is 17.6. The smallest absolute Gasteiger partial charge is 0.220 e. The number of phenolic OH excluding ortho intramolecular Hbond substituents is 1. The molecule has 0 bridgehead atoms. The predicted molar refractivity (Wildman–Crippen MR) is 102 cm³/mol. The Kier molecular flexibility index (Phi) is 5.75. The Bertz CT molecular complexity index is 721. The summed E-state index contributed by atoms with van der Waals surface area (Å²) in [7, 11) is 0. The third-order valence-electron chi connectivity index (χ3n) is 5.05. The predicted octanol–water partition coefficient (Wildman–Crippen LogP) is 4.79. The summed E-state index contributed by atoms with van der Waals surface area (Å²) < 4.78 is 0. The Morgan fingerprint density at radius 2 is 1.88 bits per heavy atom. The molecule has 3 nitrogen and oxygen atoms in total. The number of unbranched alkanes of at least 4 members (excludes halogenated alkanes) is 3. The number of carbonyl (C=O) groups is 1. The maximum Gasteiger partial charge on any atom is 0.220 e. The van der Waals surface area contributed by atoms with Crippen molar-refractivity contribution in [3.05, 3.63) is 53.6 Å². The summed E-state index contributed by atoms with van der Waals surface area (Å²) in [6.07, 6.45) is 6.72. The highest BCUT2D eigenvalue weighted by atomic mass is 16.3. The summed E-state index contributed by atoms with van der Waals surface area (Å²) in [6, 6.07) is 14.3. The maximum atomic E-state index is 11.4. The largest absolute Gasteiger partial charge is 0.507 e. The van der Waals surface area contributed by atoms with Crippen molar-refractivity contribution in [3.8, 4) is 16.9 Å². The molecular formula is C22H27NO2. The van der Waals surface area contributed by atoms with Crippen molar-refractivity contribution in [1.82, 2.24) is 5.32 Å². The average molecular weight is 337 g/mol. The van der Waals surface area contributed by atoms with Crippen LogP contribution in [0.25, 0.3) is 11.1 Å². The molecular weight excluding hydrogens is 310 g/mol. The van der Waals surface area contributed by atoms with Crippen LogP contribution in [-0.4, -0.2) is 17.6 Å². The summed E-state index contributed by atoms with van der Waals surface area (Å²) in [5.74, 6) is 0.536. The van der Waals surface area contributed by atoms with E-state index < -0.39 is 0 Å². The fourth-order valence-corrected chi connectivity index (χ4v) is 3.49. The first-order valence-electron chi connectivity index (χ1n) is 9.36. The number of benzene rings is 2. The Labute approximate surface area is 150 Å². The number of amides is 1. The highest BCUT2D eigenvalue weighted by Crippen LogP contribution is 2.34. The monoisotopic (exact) mass is 337 g/mol. The van der Waals surface area contributed by atoms with Gasteiger partial charge in [-0.05, 0) is 35.6 Å². The lowest BCUT2D eigenvalue weighted by Gasteiger charge is -2.12. The SMILES string of the molecule is CCCCCCc1ccc(-c2ccc(C3CNC(=O)C3)cc2O)cc1. The lowest BCUT2D eigenvalue weighted by Crippen LogP contribution is -2.13. The molecule has 3 rings (SSSR count). The number of phenols is 1. The molecule has 3 heteroatoms. The summed E-state index contributed by atoms with van der Waals surface area (Å²) in [5, 5.41) is 13.3. The molecule has 0 aliphatic carbocycles. The molecule has 2 N–H and O–H groups in total. The van der Waals surface area contributed by atoms with Crippen molar-refractivity contribution < 1.29 is 9.90 Å². The number of aryl methyl sites for hydroxylation is 1.